The monoisotopic (exact) mass is 292 g/mol. The van der Waals surface area contributed by atoms with Crippen molar-refractivity contribution in [1.82, 2.24) is 0 Å². The van der Waals surface area contributed by atoms with Crippen molar-refractivity contribution in [2.75, 3.05) is 19.8 Å². The molecule has 0 saturated heterocycles. The summed E-state index contributed by atoms with van der Waals surface area (Å²) in [6.45, 7) is 0.417. The molecule has 2 rings (SSSR count). The van der Waals surface area contributed by atoms with Gasteiger partial charge in [0.15, 0.2) is 0 Å². The third kappa shape index (κ3) is 4.30. The third-order valence-electron chi connectivity index (χ3n) is 2.91. The van der Waals surface area contributed by atoms with Gasteiger partial charge in [0.05, 0.1) is 30.9 Å². The summed E-state index contributed by atoms with van der Waals surface area (Å²) >= 11 is 0. The first kappa shape index (κ1) is 15.0. The topological polar surface area (TPSA) is 78.9 Å². The number of fused-ring (bicyclic) bond motifs is 1. The minimum Gasteiger partial charge on any atom is -0.466 e. The predicted molar refractivity (Wildman–Crippen MR) is 71.8 cm³/mol. The van der Waals surface area contributed by atoms with Crippen LogP contribution in [0.15, 0.2) is 24.3 Å². The molecule has 1 aliphatic rings. The first-order valence-electron chi connectivity index (χ1n) is 6.77. The first-order valence-corrected chi connectivity index (χ1v) is 6.77. The largest absolute Gasteiger partial charge is 0.466 e. The van der Waals surface area contributed by atoms with Crippen molar-refractivity contribution in [3.05, 3.63) is 35.4 Å². The Hall–Kier alpha value is -2.37. The van der Waals surface area contributed by atoms with Gasteiger partial charge < -0.3 is 14.2 Å². The summed E-state index contributed by atoms with van der Waals surface area (Å²) in [5.74, 6) is -1.55. The van der Waals surface area contributed by atoms with Gasteiger partial charge in [-0.05, 0) is 18.6 Å². The van der Waals surface area contributed by atoms with E-state index in [4.69, 9.17) is 14.2 Å². The Morgan fingerprint density at radius 1 is 0.714 bits per heavy atom. The summed E-state index contributed by atoms with van der Waals surface area (Å²) in [5, 5.41) is 0. The fourth-order valence-electron chi connectivity index (χ4n) is 1.86. The Balaban J connectivity index is 2.14. The van der Waals surface area contributed by atoms with Crippen LogP contribution in [0.4, 0.5) is 0 Å². The molecule has 1 aromatic rings. The van der Waals surface area contributed by atoms with Gasteiger partial charge in [0.1, 0.15) is 0 Å². The van der Waals surface area contributed by atoms with Crippen molar-refractivity contribution in [2.45, 2.75) is 19.3 Å². The van der Waals surface area contributed by atoms with Crippen LogP contribution in [-0.2, 0) is 19.0 Å². The highest BCUT2D eigenvalue weighted by atomic mass is 16.5. The van der Waals surface area contributed by atoms with E-state index in [1.807, 2.05) is 0 Å². The SMILES string of the molecule is O=C1CCCOC(=O)c2ccccc2C(=O)OCCCO1. The number of esters is 3. The molecule has 6 heteroatoms. The quantitative estimate of drug-likeness (QED) is 0.535. The summed E-state index contributed by atoms with van der Waals surface area (Å²) in [7, 11) is 0. The highest BCUT2D eigenvalue weighted by Crippen LogP contribution is 2.13. The van der Waals surface area contributed by atoms with E-state index in [1.54, 1.807) is 12.1 Å². The Kier molecular flexibility index (Phi) is 5.31. The van der Waals surface area contributed by atoms with Crippen molar-refractivity contribution >= 4 is 17.9 Å². The number of carbonyl (C=O) groups is 3. The van der Waals surface area contributed by atoms with Crippen LogP contribution >= 0.6 is 0 Å². The summed E-state index contributed by atoms with van der Waals surface area (Å²) in [4.78, 5) is 35.2. The second kappa shape index (κ2) is 7.42. The third-order valence-corrected chi connectivity index (χ3v) is 2.91. The molecule has 1 aromatic carbocycles. The molecule has 21 heavy (non-hydrogen) atoms. The predicted octanol–water partition coefficient (Wildman–Crippen LogP) is 1.73. The zero-order valence-corrected chi connectivity index (χ0v) is 11.5. The number of cyclic esters (lactones) is 3. The van der Waals surface area contributed by atoms with Crippen LogP contribution in [0.5, 0.6) is 0 Å². The molecule has 0 atom stereocenters. The van der Waals surface area contributed by atoms with Crippen molar-refractivity contribution in [3.63, 3.8) is 0 Å². The molecule has 0 saturated carbocycles. The van der Waals surface area contributed by atoms with E-state index in [-0.39, 0.29) is 43.3 Å². The normalized spacial score (nSPS) is 17.8. The number of carbonyl (C=O) groups excluding carboxylic acids is 3. The standard InChI is InChI=1S/C15H16O6/c16-13-7-3-8-20-14(17)11-5-1-2-6-12(11)15(18)21-10-4-9-19-13/h1-2,5-6H,3-4,7-10H2. The second-order valence-corrected chi connectivity index (χ2v) is 4.49. The number of benzene rings is 1. The van der Waals surface area contributed by atoms with E-state index in [0.29, 0.717) is 12.8 Å². The zero-order chi connectivity index (χ0) is 15.1. The minimum absolute atomic E-state index is 0.0946. The van der Waals surface area contributed by atoms with E-state index in [0.717, 1.165) is 0 Å². The van der Waals surface area contributed by atoms with Crippen molar-refractivity contribution < 1.29 is 28.6 Å². The van der Waals surface area contributed by atoms with Crippen molar-refractivity contribution in [2.24, 2.45) is 0 Å². The maximum atomic E-state index is 12.0. The second-order valence-electron chi connectivity index (χ2n) is 4.49. The molecule has 0 spiro atoms. The Morgan fingerprint density at radius 2 is 1.24 bits per heavy atom. The van der Waals surface area contributed by atoms with Gasteiger partial charge in [0.25, 0.3) is 0 Å². The van der Waals surface area contributed by atoms with Gasteiger partial charge >= 0.3 is 17.9 Å². The number of hydrogen-bond donors (Lipinski definition) is 0. The number of rotatable bonds is 0. The molecule has 0 amide bonds. The van der Waals surface area contributed by atoms with E-state index in [2.05, 4.69) is 0 Å². The molecular weight excluding hydrogens is 276 g/mol. The maximum Gasteiger partial charge on any atom is 0.339 e. The minimum atomic E-state index is -0.604. The number of hydrogen-bond acceptors (Lipinski definition) is 6. The lowest BCUT2D eigenvalue weighted by molar-refractivity contribution is -0.144. The Labute approximate surface area is 122 Å². The Morgan fingerprint density at radius 3 is 1.86 bits per heavy atom. The molecule has 0 radical (unpaired) electrons. The van der Waals surface area contributed by atoms with E-state index < -0.39 is 11.9 Å². The maximum absolute atomic E-state index is 12.0. The van der Waals surface area contributed by atoms with Gasteiger partial charge in [-0.2, -0.15) is 0 Å². The fourth-order valence-corrected chi connectivity index (χ4v) is 1.86. The van der Waals surface area contributed by atoms with Gasteiger partial charge in [0.2, 0.25) is 0 Å². The van der Waals surface area contributed by atoms with Crippen LogP contribution < -0.4 is 0 Å². The molecule has 0 N–H and O–H groups in total. The average molecular weight is 292 g/mol. The van der Waals surface area contributed by atoms with E-state index >= 15 is 0 Å². The molecule has 0 unspecified atom stereocenters. The highest BCUT2D eigenvalue weighted by molar-refractivity contribution is 6.03. The molecule has 0 bridgehead atoms. The Bertz CT molecular complexity index is 537. The van der Waals surface area contributed by atoms with Gasteiger partial charge in [-0.25, -0.2) is 9.59 Å². The van der Waals surface area contributed by atoms with Crippen LogP contribution in [0.3, 0.4) is 0 Å². The average Bonchev–Trinajstić information content (AvgIpc) is 2.50. The van der Waals surface area contributed by atoms with E-state index in [9.17, 15) is 14.4 Å². The molecule has 1 aliphatic heterocycles. The van der Waals surface area contributed by atoms with Crippen molar-refractivity contribution in [1.29, 1.82) is 0 Å². The molecular formula is C15H16O6. The molecule has 6 nitrogen and oxygen atoms in total. The fraction of sp³-hybridized carbons (Fsp3) is 0.400. The van der Waals surface area contributed by atoms with E-state index in [1.165, 1.54) is 12.1 Å². The van der Waals surface area contributed by atoms with Crippen LogP contribution in [-0.4, -0.2) is 37.7 Å². The van der Waals surface area contributed by atoms with Gasteiger partial charge in [-0.1, -0.05) is 12.1 Å². The zero-order valence-electron chi connectivity index (χ0n) is 11.5. The van der Waals surface area contributed by atoms with Crippen LogP contribution in [0.1, 0.15) is 40.0 Å². The molecule has 0 aromatic heterocycles. The van der Waals surface area contributed by atoms with Gasteiger partial charge in [0, 0.05) is 12.8 Å². The lowest BCUT2D eigenvalue weighted by Gasteiger charge is -2.11. The summed E-state index contributed by atoms with van der Waals surface area (Å²) in [5.41, 5.74) is 0.346. The summed E-state index contributed by atoms with van der Waals surface area (Å²) in [6.07, 6.45) is 0.996. The van der Waals surface area contributed by atoms with Crippen LogP contribution in [0.2, 0.25) is 0 Å². The molecule has 1 heterocycles. The molecule has 0 fully saturated rings. The van der Waals surface area contributed by atoms with Crippen LogP contribution in [0.25, 0.3) is 0 Å². The highest BCUT2D eigenvalue weighted by Gasteiger charge is 2.19. The first-order chi connectivity index (χ1) is 10.2. The number of ether oxygens (including phenoxy) is 3. The van der Waals surface area contributed by atoms with Crippen molar-refractivity contribution in [3.8, 4) is 0 Å². The van der Waals surface area contributed by atoms with Gasteiger partial charge in [-0.3, -0.25) is 4.79 Å². The summed E-state index contributed by atoms with van der Waals surface area (Å²) < 4.78 is 15.1. The van der Waals surface area contributed by atoms with Gasteiger partial charge in [-0.15, -0.1) is 0 Å². The molecule has 0 aliphatic carbocycles. The smallest absolute Gasteiger partial charge is 0.339 e. The lowest BCUT2D eigenvalue weighted by atomic mass is 10.1. The lowest BCUT2D eigenvalue weighted by Crippen LogP contribution is -2.17. The summed E-state index contributed by atoms with van der Waals surface area (Å²) in [6, 6.07) is 6.33. The van der Waals surface area contributed by atoms with Crippen LogP contribution in [0, 0.1) is 0 Å². The molecule has 112 valence electrons.